The molecule has 0 aliphatic rings. The first-order valence-corrected chi connectivity index (χ1v) is 4.51. The fraction of sp³-hybridized carbons (Fsp3) is 0.500. The van der Waals surface area contributed by atoms with Crippen LogP contribution in [0.2, 0.25) is 0 Å². The Morgan fingerprint density at radius 1 is 1.38 bits per heavy atom. The molecule has 0 heterocycles. The van der Waals surface area contributed by atoms with E-state index in [-0.39, 0.29) is 8.85 Å². The summed E-state index contributed by atoms with van der Waals surface area (Å²) in [5, 5.41) is 3.15. The monoisotopic (exact) mass is 181 g/mol. The topological polar surface area (TPSA) is 12.0 Å². The van der Waals surface area contributed by atoms with Crippen LogP contribution in [0.5, 0.6) is 0 Å². The van der Waals surface area contributed by atoms with E-state index in [9.17, 15) is 0 Å². The molecule has 0 saturated carbocycles. The summed E-state index contributed by atoms with van der Waals surface area (Å²) in [6, 6.07) is 6.67. The molecule has 1 nitrogen and oxygen atoms in total. The SMILES string of the molecule is C.CCc1cc(CNC)ccc1C.[HH]. The quantitative estimate of drug-likeness (QED) is 0.755. The van der Waals surface area contributed by atoms with E-state index in [2.05, 4.69) is 37.4 Å². The lowest BCUT2D eigenvalue weighted by Crippen LogP contribution is -2.05. The first kappa shape index (κ1) is 12.2. The van der Waals surface area contributed by atoms with Crippen LogP contribution in [-0.2, 0) is 13.0 Å². The summed E-state index contributed by atoms with van der Waals surface area (Å²) in [4.78, 5) is 0. The fourth-order valence-electron chi connectivity index (χ4n) is 1.42. The van der Waals surface area contributed by atoms with Gasteiger partial charge in [-0.3, -0.25) is 0 Å². The van der Waals surface area contributed by atoms with Gasteiger partial charge in [-0.15, -0.1) is 0 Å². The van der Waals surface area contributed by atoms with Gasteiger partial charge >= 0.3 is 0 Å². The van der Waals surface area contributed by atoms with Crippen molar-refractivity contribution in [2.45, 2.75) is 34.2 Å². The van der Waals surface area contributed by atoms with E-state index < -0.39 is 0 Å². The highest BCUT2D eigenvalue weighted by atomic mass is 14.8. The standard InChI is InChI=1S/C11H17N.CH4.H2/c1-4-11-7-10(8-12-3)6-5-9(11)2;;/h5-7,12H,4,8H2,1-3H3;1H4;1H. The molecular weight excluding hydrogens is 158 g/mol. The van der Waals surface area contributed by atoms with Gasteiger partial charge in [-0.25, -0.2) is 0 Å². The van der Waals surface area contributed by atoms with Crippen molar-refractivity contribution < 1.29 is 1.43 Å². The van der Waals surface area contributed by atoms with Crippen molar-refractivity contribution in [1.82, 2.24) is 5.32 Å². The summed E-state index contributed by atoms with van der Waals surface area (Å²) in [5.41, 5.74) is 4.24. The maximum Gasteiger partial charge on any atom is 0.0202 e. The van der Waals surface area contributed by atoms with Crippen LogP contribution in [0, 0.1) is 6.92 Å². The van der Waals surface area contributed by atoms with E-state index >= 15 is 0 Å². The minimum Gasteiger partial charge on any atom is -0.316 e. The smallest absolute Gasteiger partial charge is 0.0202 e. The van der Waals surface area contributed by atoms with Crippen molar-refractivity contribution in [3.63, 3.8) is 0 Å². The van der Waals surface area contributed by atoms with Crippen molar-refractivity contribution in [3.05, 3.63) is 34.9 Å². The Bertz CT molecular complexity index is 258. The highest BCUT2D eigenvalue weighted by Gasteiger charge is 1.96. The molecule has 0 aliphatic heterocycles. The summed E-state index contributed by atoms with van der Waals surface area (Å²) < 4.78 is 0. The second-order valence-corrected chi connectivity index (χ2v) is 3.14. The number of hydrogen-bond acceptors (Lipinski definition) is 1. The second-order valence-electron chi connectivity index (χ2n) is 3.14. The van der Waals surface area contributed by atoms with Crippen molar-refractivity contribution in [2.75, 3.05) is 7.05 Å². The van der Waals surface area contributed by atoms with E-state index in [1.54, 1.807) is 0 Å². The predicted molar refractivity (Wildman–Crippen MR) is 62.2 cm³/mol. The van der Waals surface area contributed by atoms with Crippen LogP contribution in [0.15, 0.2) is 18.2 Å². The van der Waals surface area contributed by atoms with Crippen molar-refractivity contribution in [1.29, 1.82) is 0 Å². The van der Waals surface area contributed by atoms with Gasteiger partial charge in [0.2, 0.25) is 0 Å². The van der Waals surface area contributed by atoms with E-state index in [0.717, 1.165) is 13.0 Å². The molecule has 1 heteroatoms. The van der Waals surface area contributed by atoms with Gasteiger partial charge in [-0.05, 0) is 37.1 Å². The van der Waals surface area contributed by atoms with Gasteiger partial charge in [0.05, 0.1) is 0 Å². The molecule has 0 radical (unpaired) electrons. The summed E-state index contributed by atoms with van der Waals surface area (Å²) in [5.74, 6) is 0. The minimum atomic E-state index is 0. The molecule has 0 aromatic heterocycles. The van der Waals surface area contributed by atoms with Gasteiger partial charge in [-0.2, -0.15) is 0 Å². The van der Waals surface area contributed by atoms with E-state index in [1.165, 1.54) is 16.7 Å². The molecule has 0 aliphatic carbocycles. The van der Waals surface area contributed by atoms with Crippen LogP contribution < -0.4 is 5.32 Å². The molecule has 76 valence electrons. The number of benzene rings is 1. The maximum atomic E-state index is 3.15. The van der Waals surface area contributed by atoms with Gasteiger partial charge in [0, 0.05) is 7.97 Å². The van der Waals surface area contributed by atoms with Crippen LogP contribution in [0.4, 0.5) is 0 Å². The summed E-state index contributed by atoms with van der Waals surface area (Å²) in [7, 11) is 1.98. The lowest BCUT2D eigenvalue weighted by atomic mass is 10.0. The molecule has 0 bridgehead atoms. The first-order chi connectivity index (χ1) is 5.77. The molecule has 0 amide bonds. The average Bonchev–Trinajstić information content (AvgIpc) is 2.09. The van der Waals surface area contributed by atoms with E-state index in [0.29, 0.717) is 0 Å². The van der Waals surface area contributed by atoms with Gasteiger partial charge in [0.1, 0.15) is 0 Å². The zero-order chi connectivity index (χ0) is 8.97. The second kappa shape index (κ2) is 5.76. The lowest BCUT2D eigenvalue weighted by molar-refractivity contribution is 0.815. The van der Waals surface area contributed by atoms with Crippen LogP contribution >= 0.6 is 0 Å². The molecule has 1 aromatic carbocycles. The summed E-state index contributed by atoms with van der Waals surface area (Å²) in [6.07, 6.45) is 1.13. The van der Waals surface area contributed by atoms with Crippen molar-refractivity contribution >= 4 is 0 Å². The molecule has 1 N–H and O–H groups in total. The highest BCUT2D eigenvalue weighted by Crippen LogP contribution is 2.11. The molecule has 0 spiro atoms. The largest absolute Gasteiger partial charge is 0.316 e. The third-order valence-corrected chi connectivity index (χ3v) is 2.18. The van der Waals surface area contributed by atoms with Crippen LogP contribution in [0.1, 0.15) is 32.5 Å². The molecule has 1 rings (SSSR count). The van der Waals surface area contributed by atoms with E-state index in [4.69, 9.17) is 0 Å². The molecule has 0 saturated heterocycles. The Labute approximate surface area is 83.7 Å². The molecule has 0 atom stereocenters. The summed E-state index contributed by atoms with van der Waals surface area (Å²) >= 11 is 0. The number of rotatable bonds is 3. The van der Waals surface area contributed by atoms with Crippen LogP contribution in [0.25, 0.3) is 0 Å². The normalized spacial score (nSPS) is 9.46. The Kier molecular flexibility index (Phi) is 5.40. The van der Waals surface area contributed by atoms with Crippen LogP contribution in [-0.4, -0.2) is 7.05 Å². The van der Waals surface area contributed by atoms with Crippen molar-refractivity contribution in [3.8, 4) is 0 Å². The average molecular weight is 181 g/mol. The minimum absolute atomic E-state index is 0. The Morgan fingerprint density at radius 3 is 2.62 bits per heavy atom. The highest BCUT2D eigenvalue weighted by molar-refractivity contribution is 5.30. The zero-order valence-corrected chi connectivity index (χ0v) is 8.15. The lowest BCUT2D eigenvalue weighted by Gasteiger charge is -2.06. The third kappa shape index (κ3) is 3.19. The van der Waals surface area contributed by atoms with Gasteiger partial charge < -0.3 is 5.32 Å². The first-order valence-electron chi connectivity index (χ1n) is 4.51. The fourth-order valence-corrected chi connectivity index (χ4v) is 1.42. The Balaban J connectivity index is 0. The predicted octanol–water partition coefficient (Wildman–Crippen LogP) is 3.16. The van der Waals surface area contributed by atoms with E-state index in [1.807, 2.05) is 7.05 Å². The molecule has 0 unspecified atom stereocenters. The molecule has 0 fully saturated rings. The number of hydrogen-bond donors (Lipinski definition) is 1. The van der Waals surface area contributed by atoms with Crippen molar-refractivity contribution in [2.24, 2.45) is 0 Å². The van der Waals surface area contributed by atoms with Crippen LogP contribution in [0.3, 0.4) is 0 Å². The molecule has 1 aromatic rings. The van der Waals surface area contributed by atoms with Gasteiger partial charge in [0.15, 0.2) is 0 Å². The van der Waals surface area contributed by atoms with Gasteiger partial charge in [0.25, 0.3) is 0 Å². The Morgan fingerprint density at radius 2 is 2.08 bits per heavy atom. The number of aryl methyl sites for hydroxylation is 2. The summed E-state index contributed by atoms with van der Waals surface area (Å²) in [6.45, 7) is 5.33. The van der Waals surface area contributed by atoms with Gasteiger partial charge in [-0.1, -0.05) is 32.5 Å². The Hall–Kier alpha value is -0.820. The third-order valence-electron chi connectivity index (χ3n) is 2.18. The molecule has 13 heavy (non-hydrogen) atoms. The number of nitrogens with one attached hydrogen (secondary N) is 1. The zero-order valence-electron chi connectivity index (χ0n) is 8.15. The molecular formula is C12H23N. The maximum absolute atomic E-state index is 3.15.